The van der Waals surface area contributed by atoms with Crippen molar-refractivity contribution in [2.45, 2.75) is 13.5 Å². The van der Waals surface area contributed by atoms with Crippen molar-refractivity contribution in [3.8, 4) is 0 Å². The van der Waals surface area contributed by atoms with E-state index in [-0.39, 0.29) is 11.8 Å². The average Bonchev–Trinajstić information content (AvgIpc) is 2.54. The van der Waals surface area contributed by atoms with Crippen molar-refractivity contribution in [3.05, 3.63) is 76.8 Å². The number of aryl methyl sites for hydroxylation is 1. The van der Waals surface area contributed by atoms with Gasteiger partial charge in [0.25, 0.3) is 5.91 Å². The third-order valence-corrected chi connectivity index (χ3v) is 3.60. The van der Waals surface area contributed by atoms with Crippen LogP contribution in [-0.2, 0) is 11.3 Å². The fourth-order valence-electron chi connectivity index (χ4n) is 1.97. The highest BCUT2D eigenvalue weighted by molar-refractivity contribution is 6.31. The van der Waals surface area contributed by atoms with Crippen LogP contribution in [0.2, 0.25) is 5.02 Å². The van der Waals surface area contributed by atoms with Crippen LogP contribution in [0.5, 0.6) is 0 Å². The number of hydrogen-bond donors (Lipinski definition) is 2. The first-order valence-corrected chi connectivity index (χ1v) is 7.44. The molecule has 0 aliphatic heterocycles. The summed E-state index contributed by atoms with van der Waals surface area (Å²) < 4.78 is 0. The smallest absolute Gasteiger partial charge is 0.251 e. The molecular weight excluding hydrogens is 312 g/mol. The predicted molar refractivity (Wildman–Crippen MR) is 92.6 cm³/mol. The topological polar surface area (TPSA) is 58.2 Å². The van der Waals surface area contributed by atoms with Gasteiger partial charge in [0.1, 0.15) is 0 Å². The number of hydrogen-bond acceptors (Lipinski definition) is 2. The van der Waals surface area contributed by atoms with E-state index in [9.17, 15) is 9.59 Å². The summed E-state index contributed by atoms with van der Waals surface area (Å²) in [7, 11) is 0. The molecule has 0 spiro atoms. The minimum Gasteiger partial charge on any atom is -0.348 e. The molecule has 0 fully saturated rings. The van der Waals surface area contributed by atoms with Crippen LogP contribution in [0.4, 0.5) is 5.69 Å². The maximum Gasteiger partial charge on any atom is 0.251 e. The van der Waals surface area contributed by atoms with Crippen molar-refractivity contribution in [2.24, 2.45) is 0 Å². The van der Waals surface area contributed by atoms with Crippen molar-refractivity contribution in [2.75, 3.05) is 5.32 Å². The first-order chi connectivity index (χ1) is 11.0. The van der Waals surface area contributed by atoms with Crippen LogP contribution in [-0.4, -0.2) is 11.8 Å². The average molecular weight is 329 g/mol. The summed E-state index contributed by atoms with van der Waals surface area (Å²) in [5.74, 6) is -0.501. The lowest BCUT2D eigenvalue weighted by Gasteiger charge is -2.08. The highest BCUT2D eigenvalue weighted by Crippen LogP contribution is 2.17. The number of carbonyl (C=O) groups excluding carboxylic acids is 2. The number of benzene rings is 2. The maximum absolute atomic E-state index is 12.1. The van der Waals surface area contributed by atoms with Gasteiger partial charge in [-0.1, -0.05) is 30.3 Å². The Hall–Kier alpha value is -2.59. The van der Waals surface area contributed by atoms with E-state index in [1.54, 1.807) is 24.3 Å². The van der Waals surface area contributed by atoms with Crippen LogP contribution >= 0.6 is 11.6 Å². The molecule has 5 heteroatoms. The van der Waals surface area contributed by atoms with E-state index in [1.807, 2.05) is 25.1 Å². The van der Waals surface area contributed by atoms with Crippen molar-refractivity contribution in [1.29, 1.82) is 0 Å². The summed E-state index contributed by atoms with van der Waals surface area (Å²) in [5.41, 5.74) is 3.04. The Kier molecular flexibility index (Phi) is 5.55. The second-order valence-corrected chi connectivity index (χ2v) is 5.46. The minimum absolute atomic E-state index is 0.205. The van der Waals surface area contributed by atoms with Crippen LogP contribution in [0, 0.1) is 6.92 Å². The molecule has 0 aromatic heterocycles. The van der Waals surface area contributed by atoms with Crippen LogP contribution in [0.3, 0.4) is 0 Å². The van der Waals surface area contributed by atoms with E-state index >= 15 is 0 Å². The molecule has 0 atom stereocenters. The van der Waals surface area contributed by atoms with Gasteiger partial charge >= 0.3 is 0 Å². The molecular formula is C18H17ClN2O2. The van der Waals surface area contributed by atoms with E-state index in [2.05, 4.69) is 17.2 Å². The van der Waals surface area contributed by atoms with Gasteiger partial charge in [0.2, 0.25) is 5.91 Å². The molecule has 0 saturated heterocycles. The van der Waals surface area contributed by atoms with E-state index in [0.29, 0.717) is 22.8 Å². The molecule has 118 valence electrons. The highest BCUT2D eigenvalue weighted by Gasteiger charge is 2.07. The number of nitrogens with one attached hydrogen (secondary N) is 2. The first kappa shape index (κ1) is 16.8. The van der Waals surface area contributed by atoms with Gasteiger partial charge in [-0.25, -0.2) is 0 Å². The van der Waals surface area contributed by atoms with E-state index < -0.39 is 0 Å². The molecule has 0 radical (unpaired) electrons. The van der Waals surface area contributed by atoms with Crippen molar-refractivity contribution in [1.82, 2.24) is 5.32 Å². The van der Waals surface area contributed by atoms with Crippen molar-refractivity contribution < 1.29 is 9.59 Å². The second kappa shape index (κ2) is 7.61. The lowest BCUT2D eigenvalue weighted by Crippen LogP contribution is -2.23. The number of rotatable bonds is 5. The van der Waals surface area contributed by atoms with E-state index in [1.165, 1.54) is 6.08 Å². The molecule has 23 heavy (non-hydrogen) atoms. The van der Waals surface area contributed by atoms with Gasteiger partial charge in [0.15, 0.2) is 0 Å². The molecule has 2 amide bonds. The fraction of sp³-hybridized carbons (Fsp3) is 0.111. The van der Waals surface area contributed by atoms with Crippen LogP contribution in [0.25, 0.3) is 0 Å². The lowest BCUT2D eigenvalue weighted by molar-refractivity contribution is -0.111. The Morgan fingerprint density at radius 2 is 1.87 bits per heavy atom. The Balaban J connectivity index is 1.97. The summed E-state index contributed by atoms with van der Waals surface area (Å²) in [6, 6.07) is 12.3. The molecule has 0 saturated carbocycles. The molecule has 2 aromatic carbocycles. The second-order valence-electron chi connectivity index (χ2n) is 5.05. The Morgan fingerprint density at radius 1 is 1.17 bits per heavy atom. The van der Waals surface area contributed by atoms with Crippen LogP contribution in [0.15, 0.2) is 55.1 Å². The summed E-state index contributed by atoms with van der Waals surface area (Å²) in [6.45, 7) is 5.69. The van der Waals surface area contributed by atoms with Gasteiger partial charge in [-0.15, -0.1) is 0 Å². The molecule has 0 bridgehead atoms. The minimum atomic E-state index is -0.295. The summed E-state index contributed by atoms with van der Waals surface area (Å²) in [5, 5.41) is 6.07. The van der Waals surface area contributed by atoms with Crippen molar-refractivity contribution in [3.63, 3.8) is 0 Å². The summed E-state index contributed by atoms with van der Waals surface area (Å²) >= 11 is 6.14. The van der Waals surface area contributed by atoms with E-state index in [0.717, 1.165) is 11.1 Å². The SMILES string of the molecule is C=CC(=O)Nc1ccc(C(=O)NCc2ccc(C)cc2Cl)cc1. The molecule has 2 aromatic rings. The lowest BCUT2D eigenvalue weighted by atomic mass is 10.1. The highest BCUT2D eigenvalue weighted by atomic mass is 35.5. The van der Waals surface area contributed by atoms with Gasteiger partial charge in [0, 0.05) is 22.8 Å². The standard InChI is InChI=1S/C18H17ClN2O2/c1-3-17(22)21-15-8-6-13(7-9-15)18(23)20-11-14-5-4-12(2)10-16(14)19/h3-10H,1,11H2,2H3,(H,20,23)(H,21,22). The Morgan fingerprint density at radius 3 is 2.48 bits per heavy atom. The van der Waals surface area contributed by atoms with E-state index in [4.69, 9.17) is 11.6 Å². The zero-order valence-electron chi connectivity index (χ0n) is 12.7. The van der Waals surface area contributed by atoms with Gasteiger partial charge in [-0.3, -0.25) is 9.59 Å². The Labute approximate surface area is 140 Å². The quantitative estimate of drug-likeness (QED) is 0.822. The zero-order valence-corrected chi connectivity index (χ0v) is 13.5. The molecule has 0 aliphatic rings. The molecule has 0 unspecified atom stereocenters. The zero-order chi connectivity index (χ0) is 16.8. The molecule has 2 N–H and O–H groups in total. The summed E-state index contributed by atoms with van der Waals surface area (Å²) in [6.07, 6.45) is 1.19. The fourth-order valence-corrected chi connectivity index (χ4v) is 2.27. The largest absolute Gasteiger partial charge is 0.348 e. The predicted octanol–water partition coefficient (Wildman–Crippen LogP) is 3.70. The van der Waals surface area contributed by atoms with Gasteiger partial charge < -0.3 is 10.6 Å². The molecule has 0 heterocycles. The number of carbonyl (C=O) groups is 2. The third kappa shape index (κ3) is 4.69. The third-order valence-electron chi connectivity index (χ3n) is 3.25. The summed E-state index contributed by atoms with van der Waals surface area (Å²) in [4.78, 5) is 23.3. The van der Waals surface area contributed by atoms with Crippen LogP contribution < -0.4 is 10.6 Å². The van der Waals surface area contributed by atoms with Gasteiger partial charge in [-0.2, -0.15) is 0 Å². The van der Waals surface area contributed by atoms with Gasteiger partial charge in [-0.05, 0) is 54.5 Å². The number of halogens is 1. The normalized spacial score (nSPS) is 10.0. The molecule has 0 aliphatic carbocycles. The number of amides is 2. The monoisotopic (exact) mass is 328 g/mol. The molecule has 2 rings (SSSR count). The Bertz CT molecular complexity index is 739. The van der Waals surface area contributed by atoms with Gasteiger partial charge in [0.05, 0.1) is 0 Å². The number of anilines is 1. The van der Waals surface area contributed by atoms with Crippen LogP contribution in [0.1, 0.15) is 21.5 Å². The van der Waals surface area contributed by atoms with Crippen molar-refractivity contribution >= 4 is 29.1 Å². The first-order valence-electron chi connectivity index (χ1n) is 7.06. The maximum atomic E-state index is 12.1. The molecule has 4 nitrogen and oxygen atoms in total.